The second-order valence-electron chi connectivity index (χ2n) is 8.78. The van der Waals surface area contributed by atoms with Crippen molar-refractivity contribution in [3.63, 3.8) is 0 Å². The summed E-state index contributed by atoms with van der Waals surface area (Å²) in [5.41, 5.74) is 1.90. The number of amides is 1. The minimum absolute atomic E-state index is 0.173. The smallest absolute Gasteiger partial charge is 0.328 e. The summed E-state index contributed by atoms with van der Waals surface area (Å²) in [6.45, 7) is 5.67. The molecule has 0 aliphatic carbocycles. The normalized spacial score (nSPS) is 11.8. The van der Waals surface area contributed by atoms with Gasteiger partial charge in [0.15, 0.2) is 5.65 Å². The number of carbonyl (C=O) groups is 1. The van der Waals surface area contributed by atoms with Crippen LogP contribution in [0.1, 0.15) is 37.9 Å². The summed E-state index contributed by atoms with van der Waals surface area (Å²) in [5, 5.41) is 4.29. The van der Waals surface area contributed by atoms with Crippen molar-refractivity contribution in [2.45, 2.75) is 45.8 Å². The maximum Gasteiger partial charge on any atom is 0.328 e. The molecule has 3 heterocycles. The molecule has 0 bridgehead atoms. The average Bonchev–Trinajstić information content (AvgIpc) is 3.24. The molecule has 0 unspecified atom stereocenters. The molecule has 0 spiro atoms. The van der Waals surface area contributed by atoms with Gasteiger partial charge in [0.1, 0.15) is 11.0 Å². The van der Waals surface area contributed by atoms with Crippen LogP contribution >= 0.6 is 34.8 Å². The number of nitrogens with one attached hydrogen (secondary N) is 2. The maximum atomic E-state index is 13.4. The number of hydrogen-bond donors (Lipinski definition) is 2. The number of halogens is 3. The van der Waals surface area contributed by atoms with Crippen LogP contribution in [0.5, 0.6) is 0 Å². The average molecular weight is 522 g/mol. The van der Waals surface area contributed by atoms with E-state index in [1.165, 1.54) is 6.92 Å². The summed E-state index contributed by atoms with van der Waals surface area (Å²) in [7, 11) is 0. The Bertz CT molecular complexity index is 1440. The molecule has 1 amide bonds. The first-order chi connectivity index (χ1) is 16.0. The molecular weight excluding hydrogens is 499 g/mol. The van der Waals surface area contributed by atoms with E-state index in [0.717, 1.165) is 16.8 Å². The first-order valence-corrected chi connectivity index (χ1v) is 11.7. The molecule has 0 radical (unpaired) electrons. The van der Waals surface area contributed by atoms with Crippen LogP contribution in [0.15, 0.2) is 41.3 Å². The summed E-state index contributed by atoms with van der Waals surface area (Å²) >= 11 is 18.4. The highest BCUT2D eigenvalue weighted by Gasteiger charge is 2.24. The van der Waals surface area contributed by atoms with Crippen LogP contribution in [0.4, 0.5) is 0 Å². The van der Waals surface area contributed by atoms with Crippen molar-refractivity contribution in [2.24, 2.45) is 0 Å². The van der Waals surface area contributed by atoms with Gasteiger partial charge in [-0.15, -0.1) is 0 Å². The Hall–Kier alpha value is -2.81. The molecule has 0 fully saturated rings. The third-order valence-electron chi connectivity index (χ3n) is 5.26. The molecule has 1 aromatic carbocycles. The predicted molar refractivity (Wildman–Crippen MR) is 134 cm³/mol. The second kappa shape index (κ2) is 9.44. The number of hydrogen-bond acceptors (Lipinski definition) is 4. The Balaban J connectivity index is 1.72. The van der Waals surface area contributed by atoms with Crippen molar-refractivity contribution in [1.29, 1.82) is 0 Å². The van der Waals surface area contributed by atoms with E-state index in [4.69, 9.17) is 34.8 Å². The van der Waals surface area contributed by atoms with Crippen molar-refractivity contribution in [3.05, 3.63) is 79.3 Å². The summed E-state index contributed by atoms with van der Waals surface area (Å²) in [4.78, 5) is 36.9. The van der Waals surface area contributed by atoms with Gasteiger partial charge in [0.2, 0.25) is 5.91 Å². The van der Waals surface area contributed by atoms with Gasteiger partial charge in [-0.3, -0.25) is 13.9 Å². The largest absolute Gasteiger partial charge is 0.350 e. The Morgan fingerprint density at radius 2 is 1.91 bits per heavy atom. The number of aromatic amines is 1. The van der Waals surface area contributed by atoms with Crippen molar-refractivity contribution in [2.75, 3.05) is 0 Å². The number of fused-ring (bicyclic) bond motifs is 1. The molecule has 4 aromatic rings. The molecule has 0 saturated heterocycles. The summed E-state index contributed by atoms with van der Waals surface area (Å²) in [5.74, 6) is 0.398. The van der Waals surface area contributed by atoms with Gasteiger partial charge in [-0.1, -0.05) is 40.9 Å². The first-order valence-electron chi connectivity index (χ1n) is 10.5. The van der Waals surface area contributed by atoms with Crippen molar-refractivity contribution < 1.29 is 4.79 Å². The number of nitrogens with zero attached hydrogens (tertiary/aromatic N) is 4. The van der Waals surface area contributed by atoms with E-state index in [1.807, 2.05) is 19.9 Å². The van der Waals surface area contributed by atoms with Crippen LogP contribution in [-0.2, 0) is 24.3 Å². The van der Waals surface area contributed by atoms with E-state index >= 15 is 0 Å². The fraction of sp³-hybridized carbons (Fsp3) is 0.304. The van der Waals surface area contributed by atoms with Crippen LogP contribution in [-0.4, -0.2) is 35.5 Å². The lowest BCUT2D eigenvalue weighted by molar-refractivity contribution is -0.120. The molecule has 0 saturated carbocycles. The fourth-order valence-corrected chi connectivity index (χ4v) is 4.55. The Labute approximate surface area is 210 Å². The van der Waals surface area contributed by atoms with E-state index in [-0.39, 0.29) is 24.7 Å². The van der Waals surface area contributed by atoms with Gasteiger partial charge in [0.05, 0.1) is 24.1 Å². The van der Waals surface area contributed by atoms with Crippen LogP contribution in [0.2, 0.25) is 15.2 Å². The molecule has 0 aliphatic rings. The lowest BCUT2D eigenvalue weighted by Crippen LogP contribution is -2.47. The maximum absolute atomic E-state index is 13.4. The fourth-order valence-electron chi connectivity index (χ4n) is 3.93. The topological polar surface area (TPSA) is 97.6 Å². The van der Waals surface area contributed by atoms with Crippen LogP contribution in [0, 0.1) is 0 Å². The quantitative estimate of drug-likeness (QED) is 0.351. The summed E-state index contributed by atoms with van der Waals surface area (Å²) in [6.07, 6.45) is 2.19. The van der Waals surface area contributed by atoms with Gasteiger partial charge in [-0.25, -0.2) is 14.8 Å². The monoisotopic (exact) mass is 520 g/mol. The number of pyridine rings is 1. The molecule has 11 heteroatoms. The highest BCUT2D eigenvalue weighted by Crippen LogP contribution is 2.24. The lowest BCUT2D eigenvalue weighted by atomic mass is 10.0. The zero-order chi connectivity index (χ0) is 24.6. The number of rotatable bonds is 7. The number of aromatic nitrogens is 5. The van der Waals surface area contributed by atoms with E-state index in [9.17, 15) is 9.59 Å². The molecule has 0 aliphatic heterocycles. The summed E-state index contributed by atoms with van der Waals surface area (Å²) in [6, 6.07) is 8.73. The van der Waals surface area contributed by atoms with Crippen LogP contribution in [0.25, 0.3) is 11.2 Å². The van der Waals surface area contributed by atoms with E-state index in [0.29, 0.717) is 33.1 Å². The van der Waals surface area contributed by atoms with Crippen molar-refractivity contribution in [1.82, 2.24) is 29.4 Å². The zero-order valence-electron chi connectivity index (χ0n) is 18.8. The molecule has 3 aromatic heterocycles. The van der Waals surface area contributed by atoms with Gasteiger partial charge in [-0.05, 0) is 43.7 Å². The van der Waals surface area contributed by atoms with E-state index < -0.39 is 5.54 Å². The molecule has 0 atom stereocenters. The molecule has 34 heavy (non-hydrogen) atoms. The minimum Gasteiger partial charge on any atom is -0.350 e. The SMILES string of the molecule is CC(=O)NC(C)(C)Cn1c(Cc2ccc(Cl)cc2Cl)cn(Cc2nc3nc(Cl)ccc3[nH]2)c1=O. The predicted octanol–water partition coefficient (Wildman–Crippen LogP) is 4.44. The van der Waals surface area contributed by atoms with Crippen LogP contribution < -0.4 is 11.0 Å². The van der Waals surface area contributed by atoms with Crippen molar-refractivity contribution >= 4 is 51.9 Å². The van der Waals surface area contributed by atoms with Gasteiger partial charge in [0, 0.05) is 35.3 Å². The van der Waals surface area contributed by atoms with Crippen molar-refractivity contribution in [3.8, 4) is 0 Å². The van der Waals surface area contributed by atoms with Crippen LogP contribution in [0.3, 0.4) is 0 Å². The third-order valence-corrected chi connectivity index (χ3v) is 6.06. The Kier molecular flexibility index (Phi) is 6.75. The van der Waals surface area contributed by atoms with Gasteiger partial charge in [-0.2, -0.15) is 0 Å². The Morgan fingerprint density at radius 1 is 1.15 bits per heavy atom. The molecule has 2 N–H and O–H groups in total. The zero-order valence-corrected chi connectivity index (χ0v) is 21.1. The molecule has 178 valence electrons. The second-order valence-corrected chi connectivity index (χ2v) is 10.0. The standard InChI is InChI=1S/C23H23Cl3N6O2/c1-13(33)30-23(2,3)12-32-16(8-14-4-5-15(24)9-17(14)25)10-31(22(32)34)11-20-27-18-6-7-19(26)28-21(18)29-20/h4-7,9-10H,8,11-12H2,1-3H3,(H,30,33)(H,27,28,29). The number of carbonyl (C=O) groups excluding carboxylic acids is 1. The highest BCUT2D eigenvalue weighted by molar-refractivity contribution is 6.35. The van der Waals surface area contributed by atoms with Gasteiger partial charge < -0.3 is 10.3 Å². The molecule has 4 rings (SSSR count). The van der Waals surface area contributed by atoms with Gasteiger partial charge >= 0.3 is 5.69 Å². The minimum atomic E-state index is -0.652. The third kappa shape index (κ3) is 5.46. The Morgan fingerprint density at radius 3 is 2.62 bits per heavy atom. The number of imidazole rings is 2. The lowest BCUT2D eigenvalue weighted by Gasteiger charge is -2.26. The van der Waals surface area contributed by atoms with E-state index in [2.05, 4.69) is 20.3 Å². The molecule has 8 nitrogen and oxygen atoms in total. The summed E-state index contributed by atoms with van der Waals surface area (Å²) < 4.78 is 3.22. The number of H-pyrrole nitrogens is 1. The van der Waals surface area contributed by atoms with Gasteiger partial charge in [0.25, 0.3) is 0 Å². The van der Waals surface area contributed by atoms with E-state index in [1.54, 1.807) is 39.6 Å². The highest BCUT2D eigenvalue weighted by atomic mass is 35.5. The first kappa shape index (κ1) is 24.3. The number of benzene rings is 1. The molecular formula is C23H23Cl3N6O2.